The van der Waals surface area contributed by atoms with Crippen LogP contribution in [0.15, 0.2) is 108 Å². The largest absolute Gasteiger partial charge is 0.493 e. The van der Waals surface area contributed by atoms with Crippen molar-refractivity contribution in [1.29, 1.82) is 0 Å². The van der Waals surface area contributed by atoms with Gasteiger partial charge in [-0.25, -0.2) is 5.43 Å². The number of nitrogens with one attached hydrogen (secondary N) is 3. The van der Waals surface area contributed by atoms with Crippen molar-refractivity contribution in [1.82, 2.24) is 15.0 Å². The molecule has 4 aromatic carbocycles. The summed E-state index contributed by atoms with van der Waals surface area (Å²) in [5.41, 5.74) is 5.65. The van der Waals surface area contributed by atoms with Gasteiger partial charge in [0.15, 0.2) is 11.5 Å². The van der Waals surface area contributed by atoms with Crippen LogP contribution < -0.4 is 25.5 Å². The molecule has 0 atom stereocenters. The third-order valence-electron chi connectivity index (χ3n) is 5.83. The fraction of sp³-hybridized carbons (Fsp3) is 0.0667. The average molecular weight is 563 g/mol. The van der Waals surface area contributed by atoms with Gasteiger partial charge >= 0.3 is 0 Å². The molecule has 0 spiro atoms. The highest BCUT2D eigenvalue weighted by atomic mass is 16.6. The molecule has 1 heterocycles. The Hall–Kier alpha value is -6.04. The number of anilines is 5. The number of aromatic nitrogens is 3. The lowest BCUT2D eigenvalue weighted by Crippen LogP contribution is -2.07. The highest BCUT2D eigenvalue weighted by Crippen LogP contribution is 2.29. The molecular formula is C30H26N8O4. The summed E-state index contributed by atoms with van der Waals surface area (Å²) in [7, 11) is 1.51. The van der Waals surface area contributed by atoms with E-state index >= 15 is 0 Å². The molecule has 12 nitrogen and oxygen atoms in total. The first-order valence-electron chi connectivity index (χ1n) is 12.8. The molecule has 42 heavy (non-hydrogen) atoms. The van der Waals surface area contributed by atoms with E-state index in [1.807, 2.05) is 60.7 Å². The average Bonchev–Trinajstić information content (AvgIpc) is 3.01. The number of nitrogens with zero attached hydrogens (tertiary/aromatic N) is 5. The van der Waals surface area contributed by atoms with E-state index in [0.717, 1.165) is 11.4 Å². The molecule has 0 bridgehead atoms. The van der Waals surface area contributed by atoms with Crippen molar-refractivity contribution < 1.29 is 14.4 Å². The van der Waals surface area contributed by atoms with Gasteiger partial charge in [-0.1, -0.05) is 48.5 Å². The fourth-order valence-electron chi connectivity index (χ4n) is 3.85. The van der Waals surface area contributed by atoms with Gasteiger partial charge in [0.25, 0.3) is 5.69 Å². The van der Waals surface area contributed by atoms with Crippen LogP contribution in [0.3, 0.4) is 0 Å². The number of ether oxygens (including phenoxy) is 2. The first-order chi connectivity index (χ1) is 20.6. The minimum absolute atomic E-state index is 0.00567. The Morgan fingerprint density at radius 1 is 0.786 bits per heavy atom. The third-order valence-corrected chi connectivity index (χ3v) is 5.83. The first kappa shape index (κ1) is 27.5. The maximum atomic E-state index is 11.3. The number of methoxy groups -OCH3 is 1. The second-order valence-electron chi connectivity index (χ2n) is 8.74. The highest BCUT2D eigenvalue weighted by molar-refractivity contribution is 5.81. The van der Waals surface area contributed by atoms with Gasteiger partial charge in [0.05, 0.1) is 23.8 Å². The van der Waals surface area contributed by atoms with Gasteiger partial charge in [-0.3, -0.25) is 10.1 Å². The SMILES string of the molecule is COc1cc(/C=N\Nc2nc(Nc3ccccc3)nc(Nc3ccccc3)n2)ccc1OCc1ccccc1[N+](=O)[O-]. The van der Waals surface area contributed by atoms with Crippen LogP contribution in [0.4, 0.5) is 34.9 Å². The van der Waals surface area contributed by atoms with Crippen LogP contribution in [-0.2, 0) is 6.61 Å². The quantitative estimate of drug-likeness (QED) is 0.0898. The zero-order chi connectivity index (χ0) is 29.1. The molecular weight excluding hydrogens is 536 g/mol. The maximum absolute atomic E-state index is 11.3. The predicted molar refractivity (Wildman–Crippen MR) is 161 cm³/mol. The minimum Gasteiger partial charge on any atom is -0.493 e. The van der Waals surface area contributed by atoms with E-state index in [2.05, 4.69) is 36.1 Å². The van der Waals surface area contributed by atoms with E-state index < -0.39 is 4.92 Å². The number of hydrazone groups is 1. The van der Waals surface area contributed by atoms with Gasteiger partial charge < -0.3 is 20.1 Å². The van der Waals surface area contributed by atoms with Crippen molar-refractivity contribution >= 4 is 41.1 Å². The first-order valence-corrected chi connectivity index (χ1v) is 12.8. The highest BCUT2D eigenvalue weighted by Gasteiger charge is 2.14. The Morgan fingerprint density at radius 3 is 2.00 bits per heavy atom. The van der Waals surface area contributed by atoms with Gasteiger partial charge in [0, 0.05) is 17.4 Å². The Kier molecular flexibility index (Phi) is 8.75. The van der Waals surface area contributed by atoms with Crippen molar-refractivity contribution in [2.24, 2.45) is 5.10 Å². The molecule has 3 N–H and O–H groups in total. The second-order valence-corrected chi connectivity index (χ2v) is 8.74. The number of benzene rings is 4. The van der Waals surface area contributed by atoms with Crippen molar-refractivity contribution in [3.63, 3.8) is 0 Å². The van der Waals surface area contributed by atoms with Crippen molar-refractivity contribution in [2.45, 2.75) is 6.61 Å². The lowest BCUT2D eigenvalue weighted by atomic mass is 10.2. The summed E-state index contributed by atoms with van der Waals surface area (Å²) >= 11 is 0. The number of rotatable bonds is 12. The molecule has 5 rings (SSSR count). The monoisotopic (exact) mass is 562 g/mol. The lowest BCUT2D eigenvalue weighted by molar-refractivity contribution is -0.385. The van der Waals surface area contributed by atoms with Crippen molar-refractivity contribution in [3.8, 4) is 11.5 Å². The molecule has 5 aromatic rings. The van der Waals surface area contributed by atoms with Crippen LogP contribution in [0, 0.1) is 10.1 Å². The zero-order valence-corrected chi connectivity index (χ0v) is 22.5. The predicted octanol–water partition coefficient (Wildman–Crippen LogP) is 6.30. The molecule has 1 aromatic heterocycles. The number of nitro benzene ring substituents is 1. The summed E-state index contributed by atoms with van der Waals surface area (Å²) in [4.78, 5) is 24.2. The molecule has 210 valence electrons. The summed E-state index contributed by atoms with van der Waals surface area (Å²) < 4.78 is 11.3. The second kappa shape index (κ2) is 13.3. The summed E-state index contributed by atoms with van der Waals surface area (Å²) in [6, 6.07) is 30.8. The standard InChI is InChI=1S/C30H26N8O4/c1-41-27-18-21(16-17-26(27)42-20-22-10-8-9-15-25(22)38(39)40)19-31-37-30-35-28(32-23-11-4-2-5-12-23)34-29(36-30)33-24-13-6-3-7-14-24/h2-19H,20H2,1H3,(H3,32,33,34,35,36,37)/b31-19-. The van der Waals surface area contributed by atoms with Gasteiger partial charge in [-0.05, 0) is 54.1 Å². The van der Waals surface area contributed by atoms with Crippen LogP contribution in [0.2, 0.25) is 0 Å². The number of hydrogen-bond acceptors (Lipinski definition) is 11. The fourth-order valence-corrected chi connectivity index (χ4v) is 3.85. The lowest BCUT2D eigenvalue weighted by Gasteiger charge is -2.11. The molecule has 0 unspecified atom stereocenters. The summed E-state index contributed by atoms with van der Waals surface area (Å²) in [5.74, 6) is 1.76. The Bertz CT molecular complexity index is 1620. The van der Waals surface area contributed by atoms with Crippen molar-refractivity contribution in [3.05, 3.63) is 124 Å². The number of hydrogen-bond donors (Lipinski definition) is 3. The van der Waals surface area contributed by atoms with Crippen LogP contribution in [0.25, 0.3) is 0 Å². The van der Waals surface area contributed by atoms with Gasteiger partial charge in [-0.15, -0.1) is 0 Å². The third kappa shape index (κ3) is 7.33. The van der Waals surface area contributed by atoms with Gasteiger partial charge in [-0.2, -0.15) is 20.1 Å². The maximum Gasteiger partial charge on any atom is 0.276 e. The zero-order valence-electron chi connectivity index (χ0n) is 22.5. The smallest absolute Gasteiger partial charge is 0.276 e. The van der Waals surface area contributed by atoms with Crippen LogP contribution in [0.1, 0.15) is 11.1 Å². The Labute approximate surface area is 241 Å². The molecule has 0 aliphatic carbocycles. The molecule has 0 aliphatic rings. The Balaban J connectivity index is 1.30. The molecule has 12 heteroatoms. The van der Waals surface area contributed by atoms with E-state index in [9.17, 15) is 10.1 Å². The van der Waals surface area contributed by atoms with E-state index in [4.69, 9.17) is 9.47 Å². The minimum atomic E-state index is -0.434. The number of nitro groups is 1. The summed E-state index contributed by atoms with van der Waals surface area (Å²) in [6.07, 6.45) is 1.58. The van der Waals surface area contributed by atoms with Gasteiger partial charge in [0.2, 0.25) is 17.8 Å². The van der Waals surface area contributed by atoms with Crippen LogP contribution in [0.5, 0.6) is 11.5 Å². The Morgan fingerprint density at radius 2 is 1.38 bits per heavy atom. The van der Waals surface area contributed by atoms with Crippen LogP contribution in [-0.4, -0.2) is 33.2 Å². The molecule has 0 aliphatic heterocycles. The summed E-state index contributed by atoms with van der Waals surface area (Å²) in [5, 5.41) is 21.9. The van der Waals surface area contributed by atoms with E-state index in [1.54, 1.807) is 42.6 Å². The molecule has 0 saturated carbocycles. The number of para-hydroxylation sites is 3. The topological polar surface area (TPSA) is 149 Å². The molecule has 0 saturated heterocycles. The van der Waals surface area contributed by atoms with E-state index in [0.29, 0.717) is 34.5 Å². The molecule has 0 radical (unpaired) electrons. The van der Waals surface area contributed by atoms with Crippen LogP contribution >= 0.6 is 0 Å². The van der Waals surface area contributed by atoms with Crippen molar-refractivity contribution in [2.75, 3.05) is 23.2 Å². The molecule has 0 fully saturated rings. The molecule has 0 amide bonds. The van der Waals surface area contributed by atoms with E-state index in [-0.39, 0.29) is 18.2 Å². The van der Waals surface area contributed by atoms with Gasteiger partial charge in [0.1, 0.15) is 6.61 Å². The summed E-state index contributed by atoms with van der Waals surface area (Å²) in [6.45, 7) is 0.0145. The van der Waals surface area contributed by atoms with E-state index in [1.165, 1.54) is 13.2 Å². The normalized spacial score (nSPS) is 10.7.